The Kier molecular flexibility index (Phi) is 7.51. The Morgan fingerprint density at radius 1 is 1.08 bits per heavy atom. The van der Waals surface area contributed by atoms with Crippen molar-refractivity contribution in [2.75, 3.05) is 0 Å². The zero-order valence-corrected chi connectivity index (χ0v) is 22.5. The lowest BCUT2D eigenvalue weighted by Crippen LogP contribution is -2.64. The van der Waals surface area contributed by atoms with Crippen LogP contribution in [0.2, 0.25) is 0 Å². The summed E-state index contributed by atoms with van der Waals surface area (Å²) in [6.07, 6.45) is -0.990. The van der Waals surface area contributed by atoms with Crippen LogP contribution < -0.4 is 0 Å². The molecule has 10 nitrogen and oxygen atoms in total. The molecule has 7 atom stereocenters. The highest BCUT2D eigenvalue weighted by molar-refractivity contribution is 5.88. The monoisotopic (exact) mass is 520 g/mol. The van der Waals surface area contributed by atoms with E-state index >= 15 is 0 Å². The molecule has 1 aliphatic heterocycles. The van der Waals surface area contributed by atoms with Gasteiger partial charge in [-0.25, -0.2) is 14.4 Å². The van der Waals surface area contributed by atoms with Gasteiger partial charge in [0.25, 0.3) is 0 Å². The summed E-state index contributed by atoms with van der Waals surface area (Å²) in [7, 11) is 0. The van der Waals surface area contributed by atoms with Gasteiger partial charge < -0.3 is 29.2 Å². The zero-order chi connectivity index (χ0) is 28.1. The number of rotatable bonds is 5. The van der Waals surface area contributed by atoms with Crippen LogP contribution in [0.1, 0.15) is 68.2 Å². The zero-order valence-electron chi connectivity index (χ0n) is 22.5. The third kappa shape index (κ3) is 4.72. The molecule has 2 aliphatic carbocycles. The summed E-state index contributed by atoms with van der Waals surface area (Å²) < 4.78 is 22.7. The van der Waals surface area contributed by atoms with Gasteiger partial charge in [0.05, 0.1) is 0 Å². The molecule has 0 unspecified atom stereocenters. The fraction of sp³-hybridized carbons (Fsp3) is 0.630. The molecule has 0 aromatic rings. The van der Waals surface area contributed by atoms with E-state index in [9.17, 15) is 29.4 Å². The van der Waals surface area contributed by atoms with Crippen molar-refractivity contribution in [2.45, 2.75) is 103 Å². The fourth-order valence-corrected chi connectivity index (χ4v) is 5.58. The van der Waals surface area contributed by atoms with E-state index in [0.29, 0.717) is 22.3 Å². The first kappa shape index (κ1) is 28.6. The van der Waals surface area contributed by atoms with Crippen molar-refractivity contribution in [3.8, 4) is 0 Å². The van der Waals surface area contributed by atoms with Gasteiger partial charge in [-0.15, -0.1) is 0 Å². The Morgan fingerprint density at radius 2 is 1.70 bits per heavy atom. The van der Waals surface area contributed by atoms with Crippen molar-refractivity contribution in [3.63, 3.8) is 0 Å². The van der Waals surface area contributed by atoms with E-state index in [1.807, 2.05) is 0 Å². The number of allylic oxidation sites excluding steroid dienone is 2. The van der Waals surface area contributed by atoms with Crippen LogP contribution in [0, 0.1) is 5.92 Å². The van der Waals surface area contributed by atoms with Crippen LogP contribution in [-0.4, -0.2) is 69.2 Å². The minimum absolute atomic E-state index is 0.161. The summed E-state index contributed by atoms with van der Waals surface area (Å²) in [5.41, 5.74) is -4.40. The maximum Gasteiger partial charge on any atom is 0.341 e. The summed E-state index contributed by atoms with van der Waals surface area (Å²) in [6.45, 7) is 12.3. The Labute approximate surface area is 216 Å². The van der Waals surface area contributed by atoms with E-state index in [1.54, 1.807) is 47.6 Å². The molecule has 0 aromatic heterocycles. The third-order valence-corrected chi connectivity index (χ3v) is 7.71. The second-order valence-electron chi connectivity index (χ2n) is 10.7. The standard InChI is InChI=1S/C27H36O10/c1-9-14(4)23(30)34-18-11-17-21(15(18)5)22-27(33,26(8,32)24(31)36-22)19(35-20(29)10-13(2)3)12-25(17,7)37-16(6)28/h9-10,17-19,22,32-33H,11-12H2,1-8H3/b14-9-/t17-,18+,19-,22-,25-,26+,27+/m0/s1. The van der Waals surface area contributed by atoms with Crippen LogP contribution in [0.4, 0.5) is 0 Å². The minimum Gasteiger partial charge on any atom is -0.459 e. The molecule has 3 aliphatic rings. The van der Waals surface area contributed by atoms with Crippen molar-refractivity contribution >= 4 is 23.9 Å². The molecule has 0 bridgehead atoms. The van der Waals surface area contributed by atoms with Crippen molar-refractivity contribution in [2.24, 2.45) is 5.92 Å². The highest BCUT2D eigenvalue weighted by Gasteiger charge is 2.74. The van der Waals surface area contributed by atoms with Crippen molar-refractivity contribution < 1.29 is 48.3 Å². The van der Waals surface area contributed by atoms with E-state index < -0.39 is 64.9 Å². The predicted octanol–water partition coefficient (Wildman–Crippen LogP) is 2.21. The number of fused-ring (bicyclic) bond motifs is 3. The van der Waals surface area contributed by atoms with Gasteiger partial charge in [0.2, 0.25) is 0 Å². The van der Waals surface area contributed by atoms with Gasteiger partial charge in [0.1, 0.15) is 17.8 Å². The van der Waals surface area contributed by atoms with Crippen LogP contribution in [-0.2, 0) is 38.1 Å². The Hall–Kier alpha value is -2.98. The number of carbonyl (C=O) groups is 4. The normalized spacial score (nSPS) is 37.1. The molecule has 0 radical (unpaired) electrons. The van der Waals surface area contributed by atoms with Gasteiger partial charge in [-0.3, -0.25) is 4.79 Å². The lowest BCUT2D eigenvalue weighted by molar-refractivity contribution is -0.207. The molecule has 1 saturated heterocycles. The molecule has 2 fully saturated rings. The van der Waals surface area contributed by atoms with E-state index in [1.165, 1.54) is 13.0 Å². The van der Waals surface area contributed by atoms with Crippen molar-refractivity contribution in [1.29, 1.82) is 0 Å². The van der Waals surface area contributed by atoms with Crippen LogP contribution >= 0.6 is 0 Å². The molecular weight excluding hydrogens is 484 g/mol. The summed E-state index contributed by atoms with van der Waals surface area (Å²) in [6, 6.07) is 0. The first-order valence-corrected chi connectivity index (χ1v) is 12.2. The number of hydrogen-bond donors (Lipinski definition) is 2. The van der Waals surface area contributed by atoms with Gasteiger partial charge >= 0.3 is 23.9 Å². The lowest BCUT2D eigenvalue weighted by Gasteiger charge is -2.40. The Balaban J connectivity index is 2.22. The molecular formula is C27H36O10. The van der Waals surface area contributed by atoms with Crippen LogP contribution in [0.25, 0.3) is 0 Å². The molecule has 0 spiro atoms. The highest BCUT2D eigenvalue weighted by Crippen LogP contribution is 2.56. The molecule has 1 heterocycles. The molecule has 204 valence electrons. The van der Waals surface area contributed by atoms with E-state index in [4.69, 9.17) is 18.9 Å². The van der Waals surface area contributed by atoms with Gasteiger partial charge in [-0.1, -0.05) is 11.6 Å². The van der Waals surface area contributed by atoms with Crippen molar-refractivity contribution in [1.82, 2.24) is 0 Å². The van der Waals surface area contributed by atoms with E-state index in [-0.39, 0.29) is 12.8 Å². The number of carbonyl (C=O) groups excluding carboxylic acids is 4. The van der Waals surface area contributed by atoms with Crippen LogP contribution in [0.15, 0.2) is 34.4 Å². The first-order chi connectivity index (χ1) is 17.0. The maximum absolute atomic E-state index is 12.8. The molecule has 0 amide bonds. The maximum atomic E-state index is 12.8. The van der Waals surface area contributed by atoms with E-state index in [0.717, 1.165) is 6.92 Å². The lowest BCUT2D eigenvalue weighted by atomic mass is 9.75. The molecule has 3 rings (SSSR count). The molecule has 10 heteroatoms. The highest BCUT2D eigenvalue weighted by atomic mass is 16.6. The largest absolute Gasteiger partial charge is 0.459 e. The molecule has 37 heavy (non-hydrogen) atoms. The van der Waals surface area contributed by atoms with Gasteiger partial charge in [-0.05, 0) is 66.0 Å². The first-order valence-electron chi connectivity index (χ1n) is 12.2. The van der Waals surface area contributed by atoms with Crippen molar-refractivity contribution in [3.05, 3.63) is 34.4 Å². The number of aliphatic hydroxyl groups is 2. The fourth-order valence-electron chi connectivity index (χ4n) is 5.58. The van der Waals surface area contributed by atoms with Gasteiger partial charge in [-0.2, -0.15) is 0 Å². The predicted molar refractivity (Wildman–Crippen MR) is 130 cm³/mol. The van der Waals surface area contributed by atoms with E-state index in [2.05, 4.69) is 0 Å². The number of hydrogen-bond acceptors (Lipinski definition) is 10. The SMILES string of the molecule is C/C=C(/C)C(=O)O[C@@H]1C[C@H]2C(=C1C)[C@@H]1OC(=O)[C@@](C)(O)[C@@]1(O)[C@@H](OC(=O)C=C(C)C)C[C@]2(C)OC(C)=O. The smallest absolute Gasteiger partial charge is 0.341 e. The Bertz CT molecular complexity index is 1110. The molecule has 0 aromatic carbocycles. The third-order valence-electron chi connectivity index (χ3n) is 7.71. The Morgan fingerprint density at radius 3 is 2.24 bits per heavy atom. The quantitative estimate of drug-likeness (QED) is 0.239. The number of esters is 4. The summed E-state index contributed by atoms with van der Waals surface area (Å²) >= 11 is 0. The van der Waals surface area contributed by atoms with Gasteiger partial charge in [0, 0.05) is 30.9 Å². The average Bonchev–Trinajstić information content (AvgIpc) is 3.16. The topological polar surface area (TPSA) is 146 Å². The molecule has 2 N–H and O–H groups in total. The van der Waals surface area contributed by atoms with Crippen LogP contribution in [0.3, 0.4) is 0 Å². The number of ether oxygens (including phenoxy) is 4. The second-order valence-corrected chi connectivity index (χ2v) is 10.7. The second kappa shape index (κ2) is 9.72. The average molecular weight is 521 g/mol. The van der Waals surface area contributed by atoms with Gasteiger partial charge in [0.15, 0.2) is 17.3 Å². The summed E-state index contributed by atoms with van der Waals surface area (Å²) in [4.78, 5) is 50.3. The summed E-state index contributed by atoms with van der Waals surface area (Å²) in [5.74, 6) is -3.75. The molecule has 1 saturated carbocycles. The summed E-state index contributed by atoms with van der Waals surface area (Å²) in [5, 5.41) is 23.3. The van der Waals surface area contributed by atoms with Crippen LogP contribution in [0.5, 0.6) is 0 Å². The minimum atomic E-state index is -2.47.